The Labute approximate surface area is 138 Å². The summed E-state index contributed by atoms with van der Waals surface area (Å²) in [6.45, 7) is 2.04. The molecule has 0 saturated carbocycles. The number of tetrazole rings is 1. The van der Waals surface area contributed by atoms with Crippen molar-refractivity contribution in [2.75, 3.05) is 5.43 Å². The third-order valence-electron chi connectivity index (χ3n) is 3.22. The van der Waals surface area contributed by atoms with Crippen LogP contribution in [0.25, 0.3) is 5.69 Å². The van der Waals surface area contributed by atoms with E-state index < -0.39 is 0 Å². The maximum Gasteiger partial charge on any atom is 0.162 e. The molecule has 0 unspecified atom stereocenters. The lowest BCUT2D eigenvalue weighted by Crippen LogP contribution is -2.04. The van der Waals surface area contributed by atoms with E-state index in [0.717, 1.165) is 17.2 Å². The number of nitrogens with zero attached hydrogens (tertiary/aromatic N) is 5. The number of aryl methyl sites for hydroxylation is 1. The van der Waals surface area contributed by atoms with Crippen LogP contribution < -0.4 is 5.43 Å². The van der Waals surface area contributed by atoms with Crippen LogP contribution in [0.2, 0.25) is 5.02 Å². The Bertz CT molecular complexity index is 792. The number of halogens is 1. The first kappa shape index (κ1) is 15.2. The van der Waals surface area contributed by atoms with Gasteiger partial charge in [-0.25, -0.2) is 0 Å². The van der Waals surface area contributed by atoms with Crippen LogP contribution in [-0.2, 0) is 6.42 Å². The Hall–Kier alpha value is -2.73. The number of aromatic nitrogens is 4. The second-order valence-electron chi connectivity index (χ2n) is 4.98. The number of nitrogens with one attached hydrogen (secondary N) is 1. The van der Waals surface area contributed by atoms with Crippen LogP contribution in [0.1, 0.15) is 11.4 Å². The SMILES string of the molecule is Cc1ccc(-n2nnnc2C/C=N\Nc2ccc(Cl)cc2)cc1. The van der Waals surface area contributed by atoms with Gasteiger partial charge in [0, 0.05) is 17.7 Å². The van der Waals surface area contributed by atoms with Crippen molar-refractivity contribution >= 4 is 23.5 Å². The first-order valence-electron chi connectivity index (χ1n) is 7.10. The lowest BCUT2D eigenvalue weighted by Gasteiger charge is -2.03. The second kappa shape index (κ2) is 7.02. The van der Waals surface area contributed by atoms with Crippen molar-refractivity contribution in [2.45, 2.75) is 13.3 Å². The second-order valence-corrected chi connectivity index (χ2v) is 5.41. The van der Waals surface area contributed by atoms with Crippen molar-refractivity contribution in [1.29, 1.82) is 0 Å². The molecule has 3 aromatic rings. The normalized spacial score (nSPS) is 11.0. The highest BCUT2D eigenvalue weighted by Gasteiger charge is 2.06. The summed E-state index contributed by atoms with van der Waals surface area (Å²) in [5.41, 5.74) is 5.92. The van der Waals surface area contributed by atoms with Crippen LogP contribution in [-0.4, -0.2) is 26.4 Å². The van der Waals surface area contributed by atoms with Gasteiger partial charge in [0.15, 0.2) is 5.82 Å². The minimum atomic E-state index is 0.515. The minimum Gasteiger partial charge on any atom is -0.279 e. The zero-order valence-corrected chi connectivity index (χ0v) is 13.3. The lowest BCUT2D eigenvalue weighted by molar-refractivity contribution is 0.775. The van der Waals surface area contributed by atoms with E-state index in [9.17, 15) is 0 Å². The van der Waals surface area contributed by atoms with Crippen molar-refractivity contribution in [1.82, 2.24) is 20.2 Å². The largest absolute Gasteiger partial charge is 0.279 e. The molecule has 2 aromatic carbocycles. The van der Waals surface area contributed by atoms with Crippen LogP contribution in [0.5, 0.6) is 0 Å². The number of hydrogen-bond acceptors (Lipinski definition) is 5. The molecule has 0 radical (unpaired) electrons. The van der Waals surface area contributed by atoms with E-state index in [4.69, 9.17) is 11.6 Å². The van der Waals surface area contributed by atoms with Crippen molar-refractivity contribution in [3.05, 3.63) is 64.9 Å². The Morgan fingerprint density at radius 1 is 1.13 bits per heavy atom. The molecule has 1 N–H and O–H groups in total. The average molecular weight is 327 g/mol. The molecule has 0 saturated heterocycles. The molecule has 7 heteroatoms. The molecule has 0 spiro atoms. The fraction of sp³-hybridized carbons (Fsp3) is 0.125. The third-order valence-corrected chi connectivity index (χ3v) is 3.47. The molecule has 6 nitrogen and oxygen atoms in total. The minimum absolute atomic E-state index is 0.515. The number of hydrazone groups is 1. The highest BCUT2D eigenvalue weighted by atomic mass is 35.5. The fourth-order valence-electron chi connectivity index (χ4n) is 1.99. The number of hydrogen-bond donors (Lipinski definition) is 1. The topological polar surface area (TPSA) is 68.0 Å². The summed E-state index contributed by atoms with van der Waals surface area (Å²) in [5, 5.41) is 16.7. The van der Waals surface area contributed by atoms with Gasteiger partial charge >= 0.3 is 0 Å². The highest BCUT2D eigenvalue weighted by molar-refractivity contribution is 6.30. The van der Waals surface area contributed by atoms with Gasteiger partial charge in [-0.2, -0.15) is 9.78 Å². The monoisotopic (exact) mass is 326 g/mol. The summed E-state index contributed by atoms with van der Waals surface area (Å²) in [4.78, 5) is 0. The molecule has 0 amide bonds. The fourth-order valence-corrected chi connectivity index (χ4v) is 2.12. The molecule has 3 rings (SSSR count). The number of rotatable bonds is 5. The van der Waals surface area contributed by atoms with Gasteiger partial charge in [-0.1, -0.05) is 29.3 Å². The summed E-state index contributed by atoms with van der Waals surface area (Å²) >= 11 is 5.83. The maximum absolute atomic E-state index is 5.83. The molecule has 0 aliphatic heterocycles. The average Bonchev–Trinajstić information content (AvgIpc) is 3.02. The maximum atomic E-state index is 5.83. The van der Waals surface area contributed by atoms with E-state index >= 15 is 0 Å². The van der Waals surface area contributed by atoms with Gasteiger partial charge in [-0.05, 0) is 53.7 Å². The molecular formula is C16H15ClN6. The Balaban J connectivity index is 1.65. The predicted molar refractivity (Wildman–Crippen MR) is 91.2 cm³/mol. The van der Waals surface area contributed by atoms with E-state index in [1.165, 1.54) is 5.56 Å². The molecule has 116 valence electrons. The van der Waals surface area contributed by atoms with E-state index in [0.29, 0.717) is 11.4 Å². The van der Waals surface area contributed by atoms with Gasteiger partial charge in [0.2, 0.25) is 0 Å². The summed E-state index contributed by atoms with van der Waals surface area (Å²) in [5.74, 6) is 0.718. The molecular weight excluding hydrogens is 312 g/mol. The predicted octanol–water partition coefficient (Wildman–Crippen LogP) is 3.26. The van der Waals surface area contributed by atoms with Crippen molar-refractivity contribution < 1.29 is 0 Å². The van der Waals surface area contributed by atoms with Crippen molar-refractivity contribution in [2.24, 2.45) is 5.10 Å². The van der Waals surface area contributed by atoms with Gasteiger partial charge in [0.1, 0.15) is 0 Å². The van der Waals surface area contributed by atoms with Crippen LogP contribution in [0, 0.1) is 6.92 Å². The molecule has 0 bridgehead atoms. The van der Waals surface area contributed by atoms with E-state index in [1.807, 2.05) is 43.3 Å². The van der Waals surface area contributed by atoms with Crippen LogP contribution >= 0.6 is 11.6 Å². The van der Waals surface area contributed by atoms with Gasteiger partial charge in [-0.3, -0.25) is 5.43 Å². The van der Waals surface area contributed by atoms with Crippen molar-refractivity contribution in [3.8, 4) is 5.69 Å². The lowest BCUT2D eigenvalue weighted by atomic mass is 10.2. The van der Waals surface area contributed by atoms with Crippen LogP contribution in [0.4, 0.5) is 5.69 Å². The number of anilines is 1. The van der Waals surface area contributed by atoms with Gasteiger partial charge < -0.3 is 0 Å². The zero-order valence-electron chi connectivity index (χ0n) is 12.5. The Morgan fingerprint density at radius 3 is 2.61 bits per heavy atom. The molecule has 0 fully saturated rings. The van der Waals surface area contributed by atoms with Crippen LogP contribution in [0.3, 0.4) is 0 Å². The van der Waals surface area contributed by atoms with Gasteiger partial charge in [-0.15, -0.1) is 5.10 Å². The van der Waals surface area contributed by atoms with Gasteiger partial charge in [0.25, 0.3) is 0 Å². The molecule has 0 aliphatic carbocycles. The molecule has 23 heavy (non-hydrogen) atoms. The standard InChI is InChI=1S/C16H15ClN6/c1-12-2-8-15(9-3-12)23-16(20-21-22-23)10-11-18-19-14-6-4-13(17)5-7-14/h2-9,11,19H,10H2,1H3/b18-11-. The highest BCUT2D eigenvalue weighted by Crippen LogP contribution is 2.13. The Kier molecular flexibility index (Phi) is 4.63. The Morgan fingerprint density at radius 2 is 1.87 bits per heavy atom. The molecule has 1 aromatic heterocycles. The molecule has 0 aliphatic rings. The number of benzene rings is 2. The summed E-state index contributed by atoms with van der Waals surface area (Å²) in [6.07, 6.45) is 2.24. The van der Waals surface area contributed by atoms with Crippen molar-refractivity contribution in [3.63, 3.8) is 0 Å². The smallest absolute Gasteiger partial charge is 0.162 e. The van der Waals surface area contributed by atoms with E-state index in [-0.39, 0.29) is 0 Å². The molecule has 0 atom stereocenters. The third kappa shape index (κ3) is 3.92. The molecule has 1 heterocycles. The van der Waals surface area contributed by atoms with E-state index in [1.54, 1.807) is 23.0 Å². The van der Waals surface area contributed by atoms with E-state index in [2.05, 4.69) is 26.1 Å². The summed E-state index contributed by atoms with van der Waals surface area (Å²) in [6, 6.07) is 15.3. The first-order chi connectivity index (χ1) is 11.2. The van der Waals surface area contributed by atoms with Gasteiger partial charge in [0.05, 0.1) is 11.4 Å². The summed E-state index contributed by atoms with van der Waals surface area (Å²) in [7, 11) is 0. The van der Waals surface area contributed by atoms with Crippen LogP contribution in [0.15, 0.2) is 53.6 Å². The first-order valence-corrected chi connectivity index (χ1v) is 7.47. The quantitative estimate of drug-likeness (QED) is 0.577. The zero-order chi connectivity index (χ0) is 16.1. The summed E-state index contributed by atoms with van der Waals surface area (Å²) < 4.78 is 1.70.